The van der Waals surface area contributed by atoms with Crippen molar-refractivity contribution in [3.63, 3.8) is 0 Å². The van der Waals surface area contributed by atoms with E-state index in [-0.39, 0.29) is 18.4 Å². The zero-order valence-electron chi connectivity index (χ0n) is 10.9. The van der Waals surface area contributed by atoms with E-state index < -0.39 is 15.1 Å². The van der Waals surface area contributed by atoms with Gasteiger partial charge in [-0.05, 0) is 17.7 Å². The zero-order valence-corrected chi connectivity index (χ0v) is 11.7. The maximum Gasteiger partial charge on any atom is 0.182 e. The Morgan fingerprint density at radius 1 is 0.900 bits per heavy atom. The molecule has 0 spiro atoms. The Kier molecular flexibility index (Phi) is 3.36. The fourth-order valence-corrected chi connectivity index (χ4v) is 5.08. The SMILES string of the molecule is O=S(=O)(c1ccccc1)[C@H]1[C@@H](CO)[C@@H]1c1ccccc1. The van der Waals surface area contributed by atoms with E-state index in [4.69, 9.17) is 0 Å². The van der Waals surface area contributed by atoms with Crippen LogP contribution >= 0.6 is 0 Å². The number of hydrogen-bond donors (Lipinski definition) is 1. The lowest BCUT2D eigenvalue weighted by Gasteiger charge is -2.03. The van der Waals surface area contributed by atoms with Crippen LogP contribution in [0.2, 0.25) is 0 Å². The summed E-state index contributed by atoms with van der Waals surface area (Å²) in [5.41, 5.74) is 0.982. The van der Waals surface area contributed by atoms with Crippen molar-refractivity contribution >= 4 is 9.84 Å². The predicted molar refractivity (Wildman–Crippen MR) is 77.2 cm³/mol. The maximum absolute atomic E-state index is 12.6. The average Bonchev–Trinajstić information content (AvgIpc) is 3.24. The molecular weight excluding hydrogens is 272 g/mol. The van der Waals surface area contributed by atoms with Crippen LogP contribution < -0.4 is 0 Å². The molecule has 20 heavy (non-hydrogen) atoms. The molecule has 2 aromatic carbocycles. The molecule has 1 fully saturated rings. The minimum Gasteiger partial charge on any atom is -0.396 e. The van der Waals surface area contributed by atoms with E-state index in [2.05, 4.69) is 0 Å². The summed E-state index contributed by atoms with van der Waals surface area (Å²) in [7, 11) is -3.38. The lowest BCUT2D eigenvalue weighted by molar-refractivity contribution is 0.274. The fraction of sp³-hybridized carbons (Fsp3) is 0.250. The zero-order chi connectivity index (χ0) is 14.2. The highest BCUT2D eigenvalue weighted by Gasteiger charge is 2.58. The number of aliphatic hydroxyl groups excluding tert-OH is 1. The first-order chi connectivity index (χ1) is 9.66. The Labute approximate surface area is 118 Å². The molecule has 1 aliphatic carbocycles. The average molecular weight is 288 g/mol. The summed E-state index contributed by atoms with van der Waals surface area (Å²) in [6.45, 7) is -0.101. The molecule has 3 atom stereocenters. The van der Waals surface area contributed by atoms with Gasteiger partial charge in [0.25, 0.3) is 0 Å². The van der Waals surface area contributed by atoms with Gasteiger partial charge in [-0.3, -0.25) is 0 Å². The van der Waals surface area contributed by atoms with Crippen LogP contribution in [0.1, 0.15) is 11.5 Å². The Morgan fingerprint density at radius 2 is 1.45 bits per heavy atom. The monoisotopic (exact) mass is 288 g/mol. The molecule has 0 bridgehead atoms. The topological polar surface area (TPSA) is 54.4 Å². The van der Waals surface area contributed by atoms with E-state index in [9.17, 15) is 13.5 Å². The smallest absolute Gasteiger partial charge is 0.182 e. The number of benzene rings is 2. The van der Waals surface area contributed by atoms with Gasteiger partial charge in [-0.2, -0.15) is 0 Å². The van der Waals surface area contributed by atoms with Crippen LogP contribution in [0.25, 0.3) is 0 Å². The van der Waals surface area contributed by atoms with Gasteiger partial charge < -0.3 is 5.11 Å². The lowest BCUT2D eigenvalue weighted by atomic mass is 10.1. The number of rotatable bonds is 4. The van der Waals surface area contributed by atoms with Gasteiger partial charge in [0.2, 0.25) is 0 Å². The third kappa shape index (κ3) is 2.15. The van der Waals surface area contributed by atoms with Crippen molar-refractivity contribution in [3.05, 3.63) is 66.2 Å². The van der Waals surface area contributed by atoms with Gasteiger partial charge in [0.15, 0.2) is 9.84 Å². The molecule has 0 aromatic heterocycles. The highest BCUT2D eigenvalue weighted by Crippen LogP contribution is 2.53. The van der Waals surface area contributed by atoms with Crippen molar-refractivity contribution in [1.29, 1.82) is 0 Å². The van der Waals surface area contributed by atoms with Crippen LogP contribution in [0.3, 0.4) is 0 Å². The van der Waals surface area contributed by atoms with E-state index in [1.807, 2.05) is 30.3 Å². The predicted octanol–water partition coefficient (Wildman–Crippen LogP) is 2.23. The van der Waals surface area contributed by atoms with E-state index in [1.165, 1.54) is 0 Å². The lowest BCUT2D eigenvalue weighted by Crippen LogP contribution is -2.11. The van der Waals surface area contributed by atoms with Gasteiger partial charge in [-0.1, -0.05) is 48.5 Å². The highest BCUT2D eigenvalue weighted by molar-refractivity contribution is 7.92. The summed E-state index contributed by atoms with van der Waals surface area (Å²) >= 11 is 0. The molecule has 1 aliphatic rings. The molecule has 1 saturated carbocycles. The summed E-state index contributed by atoms with van der Waals surface area (Å²) in [6.07, 6.45) is 0. The second-order valence-electron chi connectivity index (χ2n) is 5.11. The van der Waals surface area contributed by atoms with Gasteiger partial charge in [-0.15, -0.1) is 0 Å². The summed E-state index contributed by atoms with van der Waals surface area (Å²) in [5.74, 6) is -0.311. The first-order valence-electron chi connectivity index (χ1n) is 6.61. The molecule has 2 aromatic rings. The Hall–Kier alpha value is -1.65. The standard InChI is InChI=1S/C16H16O3S/c17-11-14-15(12-7-3-1-4-8-12)16(14)20(18,19)13-9-5-2-6-10-13/h1-10,14-17H,11H2/t14-,15-,16-/m0/s1. The summed E-state index contributed by atoms with van der Waals surface area (Å²) in [4.78, 5) is 0.335. The minimum absolute atomic E-state index is 0.101. The molecule has 0 heterocycles. The first-order valence-corrected chi connectivity index (χ1v) is 8.15. The minimum atomic E-state index is -3.38. The highest BCUT2D eigenvalue weighted by atomic mass is 32.2. The first kappa shape index (κ1) is 13.3. The molecule has 1 N–H and O–H groups in total. The quantitative estimate of drug-likeness (QED) is 0.938. The van der Waals surface area contributed by atoms with Gasteiger partial charge in [0.1, 0.15) is 0 Å². The van der Waals surface area contributed by atoms with Crippen molar-refractivity contribution in [2.24, 2.45) is 5.92 Å². The maximum atomic E-state index is 12.6. The van der Waals surface area contributed by atoms with Gasteiger partial charge in [-0.25, -0.2) is 8.42 Å². The summed E-state index contributed by atoms with van der Waals surface area (Å²) in [6, 6.07) is 18.0. The van der Waals surface area contributed by atoms with Crippen LogP contribution in [0.4, 0.5) is 0 Å². The van der Waals surface area contributed by atoms with Crippen LogP contribution in [-0.4, -0.2) is 25.4 Å². The van der Waals surface area contributed by atoms with Crippen LogP contribution in [0.15, 0.2) is 65.6 Å². The molecule has 0 unspecified atom stereocenters. The van der Waals surface area contributed by atoms with Crippen molar-refractivity contribution < 1.29 is 13.5 Å². The molecule has 104 valence electrons. The number of sulfone groups is 1. The number of hydrogen-bond acceptors (Lipinski definition) is 3. The van der Waals surface area contributed by atoms with Crippen molar-refractivity contribution in [2.75, 3.05) is 6.61 Å². The molecule has 3 nitrogen and oxygen atoms in total. The largest absolute Gasteiger partial charge is 0.396 e. The normalized spacial score (nSPS) is 25.4. The third-order valence-electron chi connectivity index (χ3n) is 3.92. The number of aliphatic hydroxyl groups is 1. The van der Waals surface area contributed by atoms with Crippen molar-refractivity contribution in [3.8, 4) is 0 Å². The van der Waals surface area contributed by atoms with Crippen LogP contribution in [0, 0.1) is 5.92 Å². The van der Waals surface area contributed by atoms with Crippen LogP contribution in [0.5, 0.6) is 0 Å². The van der Waals surface area contributed by atoms with E-state index in [0.29, 0.717) is 4.90 Å². The Balaban J connectivity index is 1.95. The summed E-state index contributed by atoms with van der Waals surface area (Å²) in [5, 5.41) is 8.94. The molecular formula is C16H16O3S. The molecule has 0 aliphatic heterocycles. The Morgan fingerprint density at radius 3 is 2.00 bits per heavy atom. The molecule has 0 radical (unpaired) electrons. The molecule has 0 amide bonds. The van der Waals surface area contributed by atoms with Gasteiger partial charge in [0.05, 0.1) is 10.1 Å². The van der Waals surface area contributed by atoms with Gasteiger partial charge in [0, 0.05) is 18.4 Å². The van der Waals surface area contributed by atoms with Crippen molar-refractivity contribution in [1.82, 2.24) is 0 Å². The van der Waals surface area contributed by atoms with E-state index in [0.717, 1.165) is 5.56 Å². The summed E-state index contributed by atoms with van der Waals surface area (Å²) < 4.78 is 25.3. The van der Waals surface area contributed by atoms with E-state index >= 15 is 0 Å². The van der Waals surface area contributed by atoms with E-state index in [1.54, 1.807) is 30.3 Å². The third-order valence-corrected chi connectivity index (χ3v) is 6.21. The molecule has 3 rings (SSSR count). The fourth-order valence-electron chi connectivity index (χ4n) is 2.86. The van der Waals surface area contributed by atoms with Crippen LogP contribution in [-0.2, 0) is 9.84 Å². The second kappa shape index (κ2) is 5.04. The van der Waals surface area contributed by atoms with Crippen molar-refractivity contribution in [2.45, 2.75) is 16.1 Å². The Bertz CT molecular complexity index is 680. The molecule has 0 saturated heterocycles. The van der Waals surface area contributed by atoms with Gasteiger partial charge >= 0.3 is 0 Å². The second-order valence-corrected chi connectivity index (χ2v) is 7.21. The molecule has 4 heteroatoms.